The van der Waals surface area contributed by atoms with E-state index in [1.165, 1.54) is 19.1 Å². The maximum atomic E-state index is 11.5. The van der Waals surface area contributed by atoms with Gasteiger partial charge in [-0.3, -0.25) is 4.79 Å². The predicted octanol–water partition coefficient (Wildman–Crippen LogP) is -0.0755. The van der Waals surface area contributed by atoms with Crippen LogP contribution in [0.25, 0.3) is 0 Å². The van der Waals surface area contributed by atoms with Crippen LogP contribution in [-0.2, 0) is 23.9 Å². The van der Waals surface area contributed by atoms with E-state index in [1.807, 2.05) is 0 Å². The molecule has 2 atom stereocenters. The first-order valence-electron chi connectivity index (χ1n) is 6.37. The molecule has 0 aromatic rings. The van der Waals surface area contributed by atoms with Gasteiger partial charge >= 0.3 is 11.9 Å². The molecule has 0 saturated heterocycles. The van der Waals surface area contributed by atoms with Crippen LogP contribution in [0.3, 0.4) is 0 Å². The first kappa shape index (κ1) is 18.1. The van der Waals surface area contributed by atoms with Crippen molar-refractivity contribution in [1.29, 1.82) is 0 Å². The minimum atomic E-state index is -1.30. The van der Waals surface area contributed by atoms with Gasteiger partial charge in [0.05, 0.1) is 13.2 Å². The van der Waals surface area contributed by atoms with Gasteiger partial charge in [0.25, 0.3) is 0 Å². The molecule has 7 nitrogen and oxygen atoms in total. The van der Waals surface area contributed by atoms with Crippen molar-refractivity contribution in [2.24, 2.45) is 0 Å². The van der Waals surface area contributed by atoms with E-state index < -0.39 is 30.0 Å². The summed E-state index contributed by atoms with van der Waals surface area (Å²) in [4.78, 5) is 33.7. The van der Waals surface area contributed by atoms with Crippen molar-refractivity contribution >= 4 is 17.8 Å². The second-order valence-corrected chi connectivity index (χ2v) is 3.86. The number of aliphatic hydroxyl groups is 1. The van der Waals surface area contributed by atoms with E-state index in [0.29, 0.717) is 0 Å². The lowest BCUT2D eigenvalue weighted by Crippen LogP contribution is -2.39. The molecule has 0 fully saturated rings. The minimum Gasteiger partial charge on any atom is -0.464 e. The maximum Gasteiger partial charge on any atom is 0.335 e. The van der Waals surface area contributed by atoms with Crippen molar-refractivity contribution in [3.63, 3.8) is 0 Å². The standard InChI is InChI=1S/C13H21NO6/c1-4-19-12(17)10(14-9(3)15)7-6-8-11(16)13(18)20-5-2/h6-7,10-11,16H,4-5,8H2,1-3H3,(H,14,15)/b7-6+. The molecular formula is C13H21NO6. The van der Waals surface area contributed by atoms with Crippen LogP contribution >= 0.6 is 0 Å². The molecule has 0 heterocycles. The molecule has 0 aliphatic carbocycles. The topological polar surface area (TPSA) is 102 Å². The monoisotopic (exact) mass is 287 g/mol. The highest BCUT2D eigenvalue weighted by Crippen LogP contribution is 2.00. The molecule has 20 heavy (non-hydrogen) atoms. The number of hydrogen-bond donors (Lipinski definition) is 2. The summed E-state index contributed by atoms with van der Waals surface area (Å²) in [5.74, 6) is -1.73. The Balaban J connectivity index is 4.49. The molecule has 0 aliphatic heterocycles. The largest absolute Gasteiger partial charge is 0.464 e. The number of amides is 1. The van der Waals surface area contributed by atoms with Crippen LogP contribution in [0, 0.1) is 0 Å². The Labute approximate surface area is 117 Å². The quantitative estimate of drug-likeness (QED) is 0.478. The van der Waals surface area contributed by atoms with Crippen LogP contribution in [0.4, 0.5) is 0 Å². The van der Waals surface area contributed by atoms with Crippen LogP contribution in [0.5, 0.6) is 0 Å². The van der Waals surface area contributed by atoms with Crippen molar-refractivity contribution in [2.45, 2.75) is 39.3 Å². The molecule has 0 bridgehead atoms. The smallest absolute Gasteiger partial charge is 0.335 e. The molecule has 2 unspecified atom stereocenters. The van der Waals surface area contributed by atoms with E-state index in [2.05, 4.69) is 10.1 Å². The van der Waals surface area contributed by atoms with Gasteiger partial charge in [0, 0.05) is 13.3 Å². The number of hydrogen-bond acceptors (Lipinski definition) is 6. The van der Waals surface area contributed by atoms with Crippen LogP contribution in [0.1, 0.15) is 27.2 Å². The van der Waals surface area contributed by atoms with Gasteiger partial charge in [0.2, 0.25) is 5.91 Å². The van der Waals surface area contributed by atoms with E-state index in [4.69, 9.17) is 4.74 Å². The van der Waals surface area contributed by atoms with Crippen molar-refractivity contribution in [3.8, 4) is 0 Å². The lowest BCUT2D eigenvalue weighted by atomic mass is 10.2. The van der Waals surface area contributed by atoms with Crippen molar-refractivity contribution < 1.29 is 29.0 Å². The second kappa shape index (κ2) is 9.96. The molecule has 1 amide bonds. The molecule has 0 spiro atoms. The average molecular weight is 287 g/mol. The zero-order chi connectivity index (χ0) is 15.5. The lowest BCUT2D eigenvalue weighted by Gasteiger charge is -2.12. The third-order valence-electron chi connectivity index (χ3n) is 2.15. The van der Waals surface area contributed by atoms with E-state index >= 15 is 0 Å². The van der Waals surface area contributed by atoms with E-state index in [9.17, 15) is 19.5 Å². The number of ether oxygens (including phenoxy) is 2. The van der Waals surface area contributed by atoms with Crippen molar-refractivity contribution in [3.05, 3.63) is 12.2 Å². The normalized spacial score (nSPS) is 13.6. The molecule has 0 rings (SSSR count). The summed E-state index contributed by atoms with van der Waals surface area (Å²) in [6.45, 7) is 4.92. The van der Waals surface area contributed by atoms with Gasteiger partial charge in [-0.05, 0) is 13.8 Å². The second-order valence-electron chi connectivity index (χ2n) is 3.86. The third kappa shape index (κ3) is 7.52. The van der Waals surface area contributed by atoms with Gasteiger partial charge in [-0.15, -0.1) is 0 Å². The molecule has 0 aliphatic rings. The van der Waals surface area contributed by atoms with Gasteiger partial charge in [-0.1, -0.05) is 12.2 Å². The first-order valence-corrected chi connectivity index (χ1v) is 6.37. The van der Waals surface area contributed by atoms with E-state index in [1.54, 1.807) is 13.8 Å². The number of carbonyl (C=O) groups excluding carboxylic acids is 3. The minimum absolute atomic E-state index is 0.0195. The molecular weight excluding hydrogens is 266 g/mol. The van der Waals surface area contributed by atoms with Gasteiger partial charge in [0.1, 0.15) is 6.04 Å². The fourth-order valence-electron chi connectivity index (χ4n) is 1.31. The Hall–Kier alpha value is -1.89. The summed E-state index contributed by atoms with van der Waals surface area (Å²) in [6.07, 6.45) is 1.46. The highest BCUT2D eigenvalue weighted by molar-refractivity contribution is 5.84. The molecule has 0 radical (unpaired) electrons. The summed E-state index contributed by atoms with van der Waals surface area (Å²) < 4.78 is 9.42. The average Bonchev–Trinajstić information content (AvgIpc) is 2.37. The fourth-order valence-corrected chi connectivity index (χ4v) is 1.31. The third-order valence-corrected chi connectivity index (χ3v) is 2.15. The summed E-state index contributed by atoms with van der Waals surface area (Å²) in [5.41, 5.74) is 0. The molecule has 114 valence electrons. The van der Waals surface area contributed by atoms with Gasteiger partial charge in [-0.2, -0.15) is 0 Å². The Kier molecular flexibility index (Phi) is 9.02. The van der Waals surface area contributed by atoms with Crippen LogP contribution in [0.2, 0.25) is 0 Å². The van der Waals surface area contributed by atoms with Crippen LogP contribution in [0.15, 0.2) is 12.2 Å². The van der Waals surface area contributed by atoms with Gasteiger partial charge < -0.3 is 19.9 Å². The molecule has 0 aromatic heterocycles. The molecule has 0 aromatic carbocycles. The highest BCUT2D eigenvalue weighted by Gasteiger charge is 2.18. The molecule has 0 saturated carbocycles. The van der Waals surface area contributed by atoms with E-state index in [0.717, 1.165) is 0 Å². The number of carbonyl (C=O) groups is 3. The summed E-state index contributed by atoms with van der Waals surface area (Å²) in [6, 6.07) is -0.943. The fraction of sp³-hybridized carbons (Fsp3) is 0.615. The Morgan fingerprint density at radius 3 is 2.20 bits per heavy atom. The summed E-state index contributed by atoms with van der Waals surface area (Å²) >= 11 is 0. The van der Waals surface area contributed by atoms with Crippen LogP contribution in [-0.4, -0.2) is 48.3 Å². The number of esters is 2. The van der Waals surface area contributed by atoms with Gasteiger partial charge in [-0.25, -0.2) is 9.59 Å². The van der Waals surface area contributed by atoms with E-state index in [-0.39, 0.29) is 19.6 Å². The highest BCUT2D eigenvalue weighted by atomic mass is 16.5. The molecule has 2 N–H and O–H groups in total. The first-order chi connectivity index (χ1) is 9.42. The number of aliphatic hydroxyl groups excluding tert-OH is 1. The van der Waals surface area contributed by atoms with Crippen molar-refractivity contribution in [1.82, 2.24) is 5.32 Å². The number of rotatable bonds is 8. The lowest BCUT2D eigenvalue weighted by molar-refractivity contribution is -0.152. The Bertz CT molecular complexity index is 366. The predicted molar refractivity (Wildman–Crippen MR) is 70.6 cm³/mol. The van der Waals surface area contributed by atoms with Crippen LogP contribution < -0.4 is 5.32 Å². The number of nitrogens with one attached hydrogen (secondary N) is 1. The Morgan fingerprint density at radius 1 is 1.15 bits per heavy atom. The summed E-state index contributed by atoms with van der Waals surface area (Å²) in [7, 11) is 0. The summed E-state index contributed by atoms with van der Waals surface area (Å²) in [5, 5.41) is 11.9. The van der Waals surface area contributed by atoms with Crippen molar-refractivity contribution in [2.75, 3.05) is 13.2 Å². The zero-order valence-electron chi connectivity index (χ0n) is 11.9. The molecule has 7 heteroatoms. The SMILES string of the molecule is CCOC(=O)C(O)C/C=C/C(NC(C)=O)C(=O)OCC. The zero-order valence-corrected chi connectivity index (χ0v) is 11.9. The van der Waals surface area contributed by atoms with Gasteiger partial charge in [0.15, 0.2) is 6.10 Å². The maximum absolute atomic E-state index is 11.5. The Morgan fingerprint density at radius 2 is 1.70 bits per heavy atom.